The van der Waals surface area contributed by atoms with Gasteiger partial charge >= 0.3 is 11.9 Å². The first-order valence-electron chi connectivity index (χ1n) is 8.57. The minimum atomic E-state index is -1.59. The highest BCUT2D eigenvalue weighted by molar-refractivity contribution is 6.01. The molecule has 2 aromatic carbocycles. The Morgan fingerprint density at radius 3 is 2.27 bits per heavy atom. The number of benzene rings is 2. The van der Waals surface area contributed by atoms with Gasteiger partial charge in [0.25, 0.3) is 0 Å². The van der Waals surface area contributed by atoms with Crippen molar-refractivity contribution >= 4 is 11.9 Å². The van der Waals surface area contributed by atoms with Gasteiger partial charge in [0.1, 0.15) is 5.75 Å². The van der Waals surface area contributed by atoms with E-state index in [0.717, 1.165) is 28.9 Å². The molecule has 0 saturated carbocycles. The molecule has 0 saturated heterocycles. The summed E-state index contributed by atoms with van der Waals surface area (Å²) in [7, 11) is 2.54. The number of hydrogen-bond acceptors (Lipinski definition) is 5. The van der Waals surface area contributed by atoms with Crippen LogP contribution in [0.1, 0.15) is 29.7 Å². The molecule has 0 aromatic heterocycles. The highest BCUT2D eigenvalue weighted by Gasteiger charge is 2.59. The van der Waals surface area contributed by atoms with E-state index in [1.54, 1.807) is 0 Å². The van der Waals surface area contributed by atoms with Crippen LogP contribution in [0.15, 0.2) is 48.5 Å². The molecule has 1 aliphatic rings. The number of para-hydroxylation sites is 1. The van der Waals surface area contributed by atoms with Crippen LogP contribution in [0.5, 0.6) is 5.75 Å². The van der Waals surface area contributed by atoms with Crippen LogP contribution in [-0.2, 0) is 31.9 Å². The van der Waals surface area contributed by atoms with Crippen LogP contribution in [-0.4, -0.2) is 26.2 Å². The number of rotatable bonds is 4. The van der Waals surface area contributed by atoms with Gasteiger partial charge in [0.2, 0.25) is 5.41 Å². The van der Waals surface area contributed by atoms with E-state index in [-0.39, 0.29) is 6.42 Å². The van der Waals surface area contributed by atoms with Gasteiger partial charge in [-0.1, -0.05) is 55.5 Å². The van der Waals surface area contributed by atoms with Crippen LogP contribution in [0, 0.1) is 5.41 Å². The summed E-state index contributed by atoms with van der Waals surface area (Å²) >= 11 is 0. The largest absolute Gasteiger partial charge is 0.483 e. The van der Waals surface area contributed by atoms with Gasteiger partial charge in [-0.05, 0) is 23.1 Å². The zero-order chi connectivity index (χ0) is 18.7. The van der Waals surface area contributed by atoms with E-state index in [9.17, 15) is 9.59 Å². The van der Waals surface area contributed by atoms with E-state index in [1.807, 2.05) is 55.5 Å². The average Bonchev–Trinajstić information content (AvgIpc) is 2.71. The predicted molar refractivity (Wildman–Crippen MR) is 95.8 cm³/mol. The number of aryl methyl sites for hydroxylation is 1. The number of methoxy groups -OCH3 is 2. The molecule has 136 valence electrons. The third-order valence-electron chi connectivity index (χ3n) is 4.91. The van der Waals surface area contributed by atoms with Crippen molar-refractivity contribution in [1.29, 1.82) is 0 Å². The fourth-order valence-corrected chi connectivity index (χ4v) is 3.60. The lowest BCUT2D eigenvalue weighted by Crippen LogP contribution is -2.51. The molecular formula is C21H22O5. The highest BCUT2D eigenvalue weighted by Crippen LogP contribution is 2.49. The summed E-state index contributed by atoms with van der Waals surface area (Å²) in [5, 5.41) is 0. The summed E-state index contributed by atoms with van der Waals surface area (Å²) in [6.45, 7) is 2.04. The molecule has 5 heteroatoms. The second-order valence-corrected chi connectivity index (χ2v) is 6.30. The van der Waals surface area contributed by atoms with E-state index >= 15 is 0 Å². The van der Waals surface area contributed by atoms with Gasteiger partial charge in [-0.3, -0.25) is 9.59 Å². The SMILES string of the molecule is CCc1cccc2c1OC(c1ccccc1)C(C(=O)OC)(C(=O)OC)C2. The van der Waals surface area contributed by atoms with Crippen LogP contribution in [0.2, 0.25) is 0 Å². The fourth-order valence-electron chi connectivity index (χ4n) is 3.60. The summed E-state index contributed by atoms with van der Waals surface area (Å²) in [6.07, 6.45) is 0.118. The number of ether oxygens (including phenoxy) is 3. The zero-order valence-electron chi connectivity index (χ0n) is 15.2. The number of carbonyl (C=O) groups excluding carboxylic acids is 2. The van der Waals surface area contributed by atoms with Gasteiger partial charge < -0.3 is 14.2 Å². The van der Waals surface area contributed by atoms with Crippen LogP contribution in [0.4, 0.5) is 0 Å². The molecule has 1 aliphatic heterocycles. The molecule has 1 heterocycles. The molecule has 0 N–H and O–H groups in total. The molecule has 2 aromatic rings. The average molecular weight is 354 g/mol. The Bertz CT molecular complexity index is 796. The molecule has 1 atom stereocenters. The molecule has 0 fully saturated rings. The first-order valence-corrected chi connectivity index (χ1v) is 8.57. The summed E-state index contributed by atoms with van der Waals surface area (Å²) in [4.78, 5) is 25.7. The number of hydrogen-bond donors (Lipinski definition) is 0. The van der Waals surface area contributed by atoms with Crippen molar-refractivity contribution in [3.05, 3.63) is 65.2 Å². The summed E-state index contributed by atoms with van der Waals surface area (Å²) < 4.78 is 16.3. The third-order valence-corrected chi connectivity index (χ3v) is 4.91. The molecule has 0 amide bonds. The van der Waals surface area contributed by atoms with Crippen molar-refractivity contribution in [1.82, 2.24) is 0 Å². The monoisotopic (exact) mass is 354 g/mol. The maximum absolute atomic E-state index is 12.8. The molecule has 0 radical (unpaired) electrons. The smallest absolute Gasteiger partial charge is 0.327 e. The first-order chi connectivity index (χ1) is 12.6. The van der Waals surface area contributed by atoms with Gasteiger partial charge in [-0.25, -0.2) is 0 Å². The molecule has 0 aliphatic carbocycles. The number of carbonyl (C=O) groups is 2. The molecular weight excluding hydrogens is 332 g/mol. The lowest BCUT2D eigenvalue weighted by molar-refractivity contribution is -0.179. The van der Waals surface area contributed by atoms with E-state index in [1.165, 1.54) is 14.2 Å². The quantitative estimate of drug-likeness (QED) is 0.623. The highest BCUT2D eigenvalue weighted by atomic mass is 16.6. The van der Waals surface area contributed by atoms with Crippen LogP contribution in [0.25, 0.3) is 0 Å². The van der Waals surface area contributed by atoms with Gasteiger partial charge in [0.05, 0.1) is 14.2 Å². The fraction of sp³-hybridized carbons (Fsp3) is 0.333. The van der Waals surface area contributed by atoms with E-state index < -0.39 is 23.5 Å². The van der Waals surface area contributed by atoms with Crippen LogP contribution in [0.3, 0.4) is 0 Å². The van der Waals surface area contributed by atoms with Crippen molar-refractivity contribution < 1.29 is 23.8 Å². The van der Waals surface area contributed by atoms with Gasteiger partial charge in [-0.2, -0.15) is 0 Å². The molecule has 1 unspecified atom stereocenters. The van der Waals surface area contributed by atoms with Crippen molar-refractivity contribution in [3.8, 4) is 5.75 Å². The first kappa shape index (κ1) is 18.0. The second-order valence-electron chi connectivity index (χ2n) is 6.30. The number of fused-ring (bicyclic) bond motifs is 1. The molecule has 26 heavy (non-hydrogen) atoms. The van der Waals surface area contributed by atoms with Crippen molar-refractivity contribution in [2.24, 2.45) is 5.41 Å². The summed E-state index contributed by atoms with van der Waals surface area (Å²) in [5.74, 6) is -0.594. The van der Waals surface area contributed by atoms with Gasteiger partial charge in [0.15, 0.2) is 6.10 Å². The maximum atomic E-state index is 12.8. The second kappa shape index (κ2) is 7.20. The van der Waals surface area contributed by atoms with Gasteiger partial charge in [-0.15, -0.1) is 0 Å². The Hall–Kier alpha value is -2.82. The molecule has 5 nitrogen and oxygen atoms in total. The van der Waals surface area contributed by atoms with Crippen LogP contribution >= 0.6 is 0 Å². The van der Waals surface area contributed by atoms with Crippen LogP contribution < -0.4 is 4.74 Å². The Morgan fingerprint density at radius 2 is 1.69 bits per heavy atom. The minimum absolute atomic E-state index is 0.162. The Labute approximate surface area is 152 Å². The molecule has 3 rings (SSSR count). The van der Waals surface area contributed by atoms with Gasteiger partial charge in [0, 0.05) is 6.42 Å². The summed E-state index contributed by atoms with van der Waals surface area (Å²) in [5.41, 5.74) is 0.962. The number of esters is 2. The lowest BCUT2D eigenvalue weighted by atomic mass is 9.71. The van der Waals surface area contributed by atoms with Crippen molar-refractivity contribution in [3.63, 3.8) is 0 Å². The Balaban J connectivity index is 2.24. The maximum Gasteiger partial charge on any atom is 0.327 e. The Kier molecular flexibility index (Phi) is 4.98. The predicted octanol–water partition coefficient (Wildman–Crippen LogP) is 3.26. The summed E-state index contributed by atoms with van der Waals surface area (Å²) in [6, 6.07) is 15.0. The lowest BCUT2D eigenvalue weighted by Gasteiger charge is -2.40. The van der Waals surface area contributed by atoms with E-state index in [4.69, 9.17) is 14.2 Å². The molecule has 0 spiro atoms. The topological polar surface area (TPSA) is 61.8 Å². The van der Waals surface area contributed by atoms with E-state index in [2.05, 4.69) is 0 Å². The standard InChI is InChI=1S/C21H22O5/c1-4-14-11-8-12-16-13-21(19(22)24-2,20(23)25-3)18(26-17(14)16)15-9-6-5-7-10-15/h5-12,18H,4,13H2,1-3H3. The van der Waals surface area contributed by atoms with E-state index in [0.29, 0.717) is 0 Å². The van der Waals surface area contributed by atoms with Crippen molar-refractivity contribution in [2.75, 3.05) is 14.2 Å². The zero-order valence-corrected chi connectivity index (χ0v) is 15.2. The van der Waals surface area contributed by atoms with Crippen molar-refractivity contribution in [2.45, 2.75) is 25.9 Å². The normalized spacial score (nSPS) is 17.6. The Morgan fingerprint density at radius 1 is 1.04 bits per heavy atom. The molecule has 0 bridgehead atoms. The third kappa shape index (κ3) is 2.73. The minimum Gasteiger partial charge on any atom is -0.483 e.